The van der Waals surface area contributed by atoms with Crippen LogP contribution in [0.1, 0.15) is 12.5 Å². The molecule has 0 unspecified atom stereocenters. The Balaban J connectivity index is 3.52. The van der Waals surface area contributed by atoms with Gasteiger partial charge < -0.3 is 10.3 Å². The lowest BCUT2D eigenvalue weighted by atomic mass is 10.1. The first-order valence-electron chi connectivity index (χ1n) is 3.54. The molecule has 0 atom stereocenters. The van der Waals surface area contributed by atoms with Gasteiger partial charge in [-0.15, -0.1) is 0 Å². The van der Waals surface area contributed by atoms with Crippen LogP contribution in [0.4, 0.5) is 13.2 Å². The lowest BCUT2D eigenvalue weighted by Gasteiger charge is -2.05. The number of phenols is 1. The van der Waals surface area contributed by atoms with Crippen molar-refractivity contribution in [3.63, 3.8) is 0 Å². The SMILES string of the molecule is C/C(=N\O)c1c(O)cc(F)c(F)c1F. The van der Waals surface area contributed by atoms with Crippen LogP contribution in [-0.4, -0.2) is 16.0 Å². The first-order valence-corrected chi connectivity index (χ1v) is 3.54. The van der Waals surface area contributed by atoms with E-state index < -0.39 is 28.8 Å². The lowest BCUT2D eigenvalue weighted by molar-refractivity contribution is 0.318. The van der Waals surface area contributed by atoms with Gasteiger partial charge in [0.25, 0.3) is 0 Å². The summed E-state index contributed by atoms with van der Waals surface area (Å²) in [6, 6.07) is 0.405. The Bertz CT molecular complexity index is 404. The average molecular weight is 205 g/mol. The van der Waals surface area contributed by atoms with Crippen molar-refractivity contribution in [3.05, 3.63) is 29.1 Å². The molecule has 1 rings (SSSR count). The van der Waals surface area contributed by atoms with Gasteiger partial charge in [0.05, 0.1) is 11.3 Å². The molecule has 0 bridgehead atoms. The molecule has 3 nitrogen and oxygen atoms in total. The molecule has 14 heavy (non-hydrogen) atoms. The molecule has 0 saturated heterocycles. The van der Waals surface area contributed by atoms with Gasteiger partial charge in [0, 0.05) is 6.07 Å². The van der Waals surface area contributed by atoms with E-state index in [1.54, 1.807) is 0 Å². The van der Waals surface area contributed by atoms with E-state index in [4.69, 9.17) is 10.3 Å². The number of rotatable bonds is 1. The predicted molar refractivity (Wildman–Crippen MR) is 42.0 cm³/mol. The molecular weight excluding hydrogens is 199 g/mol. The minimum Gasteiger partial charge on any atom is -0.507 e. The first-order chi connectivity index (χ1) is 6.49. The van der Waals surface area contributed by atoms with E-state index in [1.807, 2.05) is 0 Å². The lowest BCUT2D eigenvalue weighted by Crippen LogP contribution is -2.04. The van der Waals surface area contributed by atoms with E-state index in [1.165, 1.54) is 0 Å². The van der Waals surface area contributed by atoms with Crippen LogP contribution in [-0.2, 0) is 0 Å². The zero-order valence-electron chi connectivity index (χ0n) is 7.05. The second-order valence-electron chi connectivity index (χ2n) is 2.57. The van der Waals surface area contributed by atoms with Crippen molar-refractivity contribution in [2.45, 2.75) is 6.92 Å². The van der Waals surface area contributed by atoms with Gasteiger partial charge in [0.2, 0.25) is 0 Å². The van der Waals surface area contributed by atoms with E-state index >= 15 is 0 Å². The van der Waals surface area contributed by atoms with Crippen molar-refractivity contribution in [2.24, 2.45) is 5.16 Å². The fourth-order valence-electron chi connectivity index (χ4n) is 0.977. The molecule has 0 aliphatic carbocycles. The molecule has 0 heterocycles. The number of oxime groups is 1. The highest BCUT2D eigenvalue weighted by atomic mass is 19.2. The number of benzene rings is 1. The van der Waals surface area contributed by atoms with Crippen molar-refractivity contribution in [1.29, 1.82) is 0 Å². The number of hydrogen-bond donors (Lipinski definition) is 2. The third-order valence-corrected chi connectivity index (χ3v) is 1.65. The average Bonchev–Trinajstić information content (AvgIpc) is 2.14. The third kappa shape index (κ3) is 1.50. The molecule has 6 heteroatoms. The van der Waals surface area contributed by atoms with Crippen LogP contribution in [0.25, 0.3) is 0 Å². The summed E-state index contributed by atoms with van der Waals surface area (Å²) in [7, 11) is 0. The Kier molecular flexibility index (Phi) is 2.64. The van der Waals surface area contributed by atoms with E-state index in [2.05, 4.69) is 5.16 Å². The van der Waals surface area contributed by atoms with Crippen LogP contribution in [0.2, 0.25) is 0 Å². The van der Waals surface area contributed by atoms with Gasteiger partial charge in [-0.05, 0) is 6.92 Å². The number of phenolic OH excluding ortho intramolecular Hbond substituents is 1. The van der Waals surface area contributed by atoms with Gasteiger partial charge in [-0.3, -0.25) is 0 Å². The molecule has 76 valence electrons. The molecule has 0 amide bonds. The Morgan fingerprint density at radius 1 is 1.29 bits per heavy atom. The van der Waals surface area contributed by atoms with Crippen molar-refractivity contribution >= 4 is 5.71 Å². The van der Waals surface area contributed by atoms with E-state index in [0.717, 1.165) is 6.92 Å². The number of nitrogens with zero attached hydrogens (tertiary/aromatic N) is 1. The summed E-state index contributed by atoms with van der Waals surface area (Å²) in [4.78, 5) is 0. The Morgan fingerprint density at radius 2 is 1.86 bits per heavy atom. The first kappa shape index (κ1) is 10.4. The second kappa shape index (κ2) is 3.57. The monoisotopic (exact) mass is 205 g/mol. The molecule has 1 aromatic carbocycles. The highest BCUT2D eigenvalue weighted by Gasteiger charge is 2.20. The molecular formula is C8H6F3NO2. The summed E-state index contributed by atoms with van der Waals surface area (Å²) in [6.45, 7) is 1.13. The molecule has 2 N–H and O–H groups in total. The van der Waals surface area contributed by atoms with Crippen LogP contribution in [0.3, 0.4) is 0 Å². The van der Waals surface area contributed by atoms with E-state index in [-0.39, 0.29) is 5.71 Å². The summed E-state index contributed by atoms with van der Waals surface area (Å²) in [5, 5.41) is 19.9. The fraction of sp³-hybridized carbons (Fsp3) is 0.125. The zero-order valence-corrected chi connectivity index (χ0v) is 7.05. The van der Waals surface area contributed by atoms with Crippen molar-refractivity contribution in [2.75, 3.05) is 0 Å². The van der Waals surface area contributed by atoms with Crippen molar-refractivity contribution in [1.82, 2.24) is 0 Å². The second-order valence-corrected chi connectivity index (χ2v) is 2.57. The Hall–Kier alpha value is -1.72. The summed E-state index contributed by atoms with van der Waals surface area (Å²) in [5.74, 6) is -5.63. The van der Waals surface area contributed by atoms with Crippen LogP contribution in [0, 0.1) is 17.5 Å². The molecule has 0 radical (unpaired) electrons. The standard InChI is InChI=1S/C8H6F3NO2/c1-3(12-14)6-5(13)2-4(9)7(10)8(6)11/h2,13-14H,1H3/b12-3+. The van der Waals surface area contributed by atoms with E-state index in [0.29, 0.717) is 6.07 Å². The Morgan fingerprint density at radius 3 is 2.36 bits per heavy atom. The fourth-order valence-corrected chi connectivity index (χ4v) is 0.977. The minimum absolute atomic E-state index is 0.348. The highest BCUT2D eigenvalue weighted by Crippen LogP contribution is 2.25. The zero-order chi connectivity index (χ0) is 10.9. The van der Waals surface area contributed by atoms with Crippen LogP contribution in [0.15, 0.2) is 11.2 Å². The van der Waals surface area contributed by atoms with Gasteiger partial charge in [-0.25, -0.2) is 13.2 Å². The molecule has 0 aromatic heterocycles. The minimum atomic E-state index is -1.72. The van der Waals surface area contributed by atoms with Crippen LogP contribution < -0.4 is 0 Å². The third-order valence-electron chi connectivity index (χ3n) is 1.65. The topological polar surface area (TPSA) is 52.8 Å². The maximum atomic E-state index is 13.0. The molecule has 0 saturated carbocycles. The van der Waals surface area contributed by atoms with E-state index in [9.17, 15) is 13.2 Å². The molecule has 0 aliphatic heterocycles. The van der Waals surface area contributed by atoms with Crippen LogP contribution >= 0.6 is 0 Å². The summed E-state index contributed by atoms with van der Waals surface area (Å²) < 4.78 is 38.2. The van der Waals surface area contributed by atoms with Gasteiger partial charge in [-0.1, -0.05) is 5.16 Å². The summed E-state index contributed by atoms with van der Waals surface area (Å²) >= 11 is 0. The number of halogens is 3. The summed E-state index contributed by atoms with van der Waals surface area (Å²) in [6.07, 6.45) is 0. The Labute approximate surface area is 77.1 Å². The highest BCUT2D eigenvalue weighted by molar-refractivity contribution is 6.00. The molecule has 0 fully saturated rings. The summed E-state index contributed by atoms with van der Waals surface area (Å²) in [5.41, 5.74) is -1.01. The van der Waals surface area contributed by atoms with Crippen LogP contribution in [0.5, 0.6) is 5.75 Å². The van der Waals surface area contributed by atoms with Gasteiger partial charge >= 0.3 is 0 Å². The number of hydrogen-bond acceptors (Lipinski definition) is 3. The number of aromatic hydroxyl groups is 1. The van der Waals surface area contributed by atoms with Gasteiger partial charge in [0.15, 0.2) is 17.5 Å². The quantitative estimate of drug-likeness (QED) is 0.319. The maximum absolute atomic E-state index is 13.0. The normalized spacial score (nSPS) is 11.9. The van der Waals surface area contributed by atoms with Gasteiger partial charge in [-0.2, -0.15) is 0 Å². The smallest absolute Gasteiger partial charge is 0.195 e. The molecule has 0 spiro atoms. The maximum Gasteiger partial charge on any atom is 0.195 e. The van der Waals surface area contributed by atoms with Crippen molar-refractivity contribution in [3.8, 4) is 5.75 Å². The molecule has 0 aliphatic rings. The van der Waals surface area contributed by atoms with Crippen molar-refractivity contribution < 1.29 is 23.5 Å². The predicted octanol–water partition coefficient (Wildman–Crippen LogP) is 2.01. The molecule has 1 aromatic rings. The largest absolute Gasteiger partial charge is 0.507 e. The van der Waals surface area contributed by atoms with Gasteiger partial charge in [0.1, 0.15) is 5.75 Å².